The molecule has 0 aliphatic heterocycles. The summed E-state index contributed by atoms with van der Waals surface area (Å²) in [6.45, 7) is 1.02. The van der Waals surface area contributed by atoms with Gasteiger partial charge in [-0.2, -0.15) is 15.1 Å². The summed E-state index contributed by atoms with van der Waals surface area (Å²) in [5.74, 6) is 0.420. The first-order valence-electron chi connectivity index (χ1n) is 5.67. The van der Waals surface area contributed by atoms with Gasteiger partial charge < -0.3 is 21.1 Å². The number of amides is 1. The molecule has 102 valence electrons. The smallest absolute Gasteiger partial charge is 0.239 e. The van der Waals surface area contributed by atoms with Crippen molar-refractivity contribution in [2.75, 3.05) is 37.9 Å². The summed E-state index contributed by atoms with van der Waals surface area (Å²) in [4.78, 5) is 19.5. The number of H-pyrrole nitrogens is 1. The summed E-state index contributed by atoms with van der Waals surface area (Å²) in [6.07, 6.45) is 1.57. The van der Waals surface area contributed by atoms with E-state index in [1.807, 2.05) is 0 Å². The van der Waals surface area contributed by atoms with Crippen LogP contribution < -0.4 is 16.4 Å². The lowest BCUT2D eigenvalue weighted by Crippen LogP contribution is -2.32. The van der Waals surface area contributed by atoms with Gasteiger partial charge in [-0.1, -0.05) is 0 Å². The van der Waals surface area contributed by atoms with Gasteiger partial charge in [0.15, 0.2) is 5.65 Å². The first kappa shape index (κ1) is 13.0. The lowest BCUT2D eigenvalue weighted by atomic mass is 10.4. The van der Waals surface area contributed by atoms with Crippen molar-refractivity contribution < 1.29 is 9.53 Å². The number of carbonyl (C=O) groups excluding carboxylic acids is 1. The molecule has 2 heterocycles. The van der Waals surface area contributed by atoms with E-state index in [4.69, 9.17) is 10.5 Å². The number of fused-ring (bicyclic) bond motifs is 1. The standard InChI is InChI=1S/C10H15N7O2/c1-19-3-2-12-7(18)5-13-8-6-4-14-17-9(6)16-10(11)15-8/h4H,2-3,5H2,1H3,(H,12,18)(H4,11,13,14,15,16,17). The first-order chi connectivity index (χ1) is 9.20. The van der Waals surface area contributed by atoms with Crippen molar-refractivity contribution in [3.63, 3.8) is 0 Å². The van der Waals surface area contributed by atoms with Crippen LogP contribution in [0.3, 0.4) is 0 Å². The molecule has 1 amide bonds. The number of nitrogens with two attached hydrogens (primary N) is 1. The zero-order valence-corrected chi connectivity index (χ0v) is 10.4. The highest BCUT2D eigenvalue weighted by Crippen LogP contribution is 2.18. The number of nitrogen functional groups attached to an aromatic ring is 1. The van der Waals surface area contributed by atoms with Crippen LogP contribution in [0.1, 0.15) is 0 Å². The average molecular weight is 265 g/mol. The van der Waals surface area contributed by atoms with Gasteiger partial charge in [-0.25, -0.2) is 0 Å². The molecule has 9 heteroatoms. The number of hydrogen-bond acceptors (Lipinski definition) is 7. The van der Waals surface area contributed by atoms with Gasteiger partial charge >= 0.3 is 0 Å². The minimum Gasteiger partial charge on any atom is -0.383 e. The monoisotopic (exact) mass is 265 g/mol. The Bertz CT molecular complexity index is 568. The molecule has 2 aromatic rings. The van der Waals surface area contributed by atoms with Crippen molar-refractivity contribution in [3.8, 4) is 0 Å². The molecule has 0 bridgehead atoms. The van der Waals surface area contributed by atoms with E-state index in [9.17, 15) is 4.79 Å². The van der Waals surface area contributed by atoms with Gasteiger partial charge in [-0.15, -0.1) is 0 Å². The third-order valence-corrected chi connectivity index (χ3v) is 2.37. The van der Waals surface area contributed by atoms with Crippen LogP contribution in [0.5, 0.6) is 0 Å². The van der Waals surface area contributed by atoms with Gasteiger partial charge in [-0.05, 0) is 0 Å². The zero-order chi connectivity index (χ0) is 13.7. The number of anilines is 2. The molecule has 0 unspecified atom stereocenters. The normalized spacial score (nSPS) is 10.6. The molecule has 0 saturated heterocycles. The Morgan fingerprint density at radius 2 is 2.37 bits per heavy atom. The summed E-state index contributed by atoms with van der Waals surface area (Å²) < 4.78 is 4.83. The minimum absolute atomic E-state index is 0.0838. The lowest BCUT2D eigenvalue weighted by molar-refractivity contribution is -0.119. The van der Waals surface area contributed by atoms with Crippen LogP contribution in [0.2, 0.25) is 0 Å². The topological polar surface area (TPSA) is 131 Å². The number of carbonyl (C=O) groups is 1. The Kier molecular flexibility index (Phi) is 4.08. The van der Waals surface area contributed by atoms with Crippen LogP contribution in [-0.4, -0.2) is 52.9 Å². The van der Waals surface area contributed by atoms with Crippen molar-refractivity contribution in [1.82, 2.24) is 25.5 Å². The van der Waals surface area contributed by atoms with E-state index < -0.39 is 0 Å². The average Bonchev–Trinajstić information content (AvgIpc) is 2.84. The lowest BCUT2D eigenvalue weighted by Gasteiger charge is -2.07. The van der Waals surface area contributed by atoms with E-state index in [-0.39, 0.29) is 18.4 Å². The van der Waals surface area contributed by atoms with E-state index in [0.29, 0.717) is 30.0 Å². The molecule has 0 saturated carbocycles. The summed E-state index contributed by atoms with van der Waals surface area (Å²) in [6, 6.07) is 0. The number of nitrogens with zero attached hydrogens (tertiary/aromatic N) is 3. The second-order valence-electron chi connectivity index (χ2n) is 3.76. The summed E-state index contributed by atoms with van der Waals surface area (Å²) in [7, 11) is 1.57. The predicted octanol–water partition coefficient (Wildman–Crippen LogP) is -0.890. The van der Waals surface area contributed by atoms with Gasteiger partial charge in [0.1, 0.15) is 5.82 Å². The number of methoxy groups -OCH3 is 1. The molecule has 19 heavy (non-hydrogen) atoms. The number of nitrogens with one attached hydrogen (secondary N) is 3. The van der Waals surface area contributed by atoms with Crippen molar-refractivity contribution in [1.29, 1.82) is 0 Å². The Balaban J connectivity index is 1.97. The maximum absolute atomic E-state index is 11.5. The Labute approximate surface area is 108 Å². The van der Waals surface area contributed by atoms with Gasteiger partial charge in [-0.3, -0.25) is 9.89 Å². The molecule has 0 atom stereocenters. The fourth-order valence-corrected chi connectivity index (χ4v) is 1.51. The molecular formula is C10H15N7O2. The molecule has 2 rings (SSSR count). The highest BCUT2D eigenvalue weighted by Gasteiger charge is 2.09. The van der Waals surface area contributed by atoms with Crippen LogP contribution in [0.4, 0.5) is 11.8 Å². The van der Waals surface area contributed by atoms with Gasteiger partial charge in [0.05, 0.1) is 24.7 Å². The SMILES string of the molecule is COCCNC(=O)CNc1nc(N)nc2[nH]ncc12. The van der Waals surface area contributed by atoms with Gasteiger partial charge in [0, 0.05) is 13.7 Å². The van der Waals surface area contributed by atoms with Crippen molar-refractivity contribution in [2.45, 2.75) is 0 Å². The Morgan fingerprint density at radius 3 is 3.16 bits per heavy atom. The highest BCUT2D eigenvalue weighted by molar-refractivity contribution is 5.89. The molecule has 0 spiro atoms. The van der Waals surface area contributed by atoms with Crippen molar-refractivity contribution in [2.24, 2.45) is 0 Å². The third-order valence-electron chi connectivity index (χ3n) is 2.37. The molecule has 0 aliphatic carbocycles. The van der Waals surface area contributed by atoms with Crippen LogP contribution >= 0.6 is 0 Å². The Morgan fingerprint density at radius 1 is 1.53 bits per heavy atom. The molecule has 5 N–H and O–H groups in total. The van der Waals surface area contributed by atoms with E-state index in [0.717, 1.165) is 0 Å². The largest absolute Gasteiger partial charge is 0.383 e. The van der Waals surface area contributed by atoms with Crippen LogP contribution in [0.15, 0.2) is 6.20 Å². The summed E-state index contributed by atoms with van der Waals surface area (Å²) >= 11 is 0. The second-order valence-corrected chi connectivity index (χ2v) is 3.76. The fraction of sp³-hybridized carbons (Fsp3) is 0.400. The molecule has 9 nitrogen and oxygen atoms in total. The maximum atomic E-state index is 11.5. The fourth-order valence-electron chi connectivity index (χ4n) is 1.51. The third kappa shape index (κ3) is 3.28. The van der Waals surface area contributed by atoms with E-state index in [1.54, 1.807) is 13.3 Å². The summed E-state index contributed by atoms with van der Waals surface area (Å²) in [5.41, 5.74) is 6.08. The molecule has 0 fully saturated rings. The molecule has 0 aromatic carbocycles. The van der Waals surface area contributed by atoms with Crippen LogP contribution in [-0.2, 0) is 9.53 Å². The van der Waals surface area contributed by atoms with E-state index >= 15 is 0 Å². The minimum atomic E-state index is -0.161. The molecule has 2 aromatic heterocycles. The number of aromatic amines is 1. The van der Waals surface area contributed by atoms with E-state index in [2.05, 4.69) is 30.8 Å². The number of rotatable bonds is 6. The van der Waals surface area contributed by atoms with Crippen LogP contribution in [0, 0.1) is 0 Å². The summed E-state index contributed by atoms with van der Waals surface area (Å²) in [5, 5.41) is 12.8. The predicted molar refractivity (Wildman–Crippen MR) is 69.5 cm³/mol. The number of hydrogen-bond donors (Lipinski definition) is 4. The van der Waals surface area contributed by atoms with Gasteiger partial charge in [0.25, 0.3) is 0 Å². The molecule has 0 radical (unpaired) electrons. The Hall–Kier alpha value is -2.42. The van der Waals surface area contributed by atoms with E-state index in [1.165, 1.54) is 0 Å². The zero-order valence-electron chi connectivity index (χ0n) is 10.4. The quantitative estimate of drug-likeness (QED) is 0.498. The highest BCUT2D eigenvalue weighted by atomic mass is 16.5. The van der Waals surface area contributed by atoms with Crippen molar-refractivity contribution >= 4 is 28.7 Å². The second kappa shape index (κ2) is 5.96. The molecule has 0 aliphatic rings. The number of ether oxygens (including phenoxy) is 1. The van der Waals surface area contributed by atoms with Gasteiger partial charge in [0.2, 0.25) is 11.9 Å². The van der Waals surface area contributed by atoms with Crippen LogP contribution in [0.25, 0.3) is 11.0 Å². The first-order valence-corrected chi connectivity index (χ1v) is 5.67. The van der Waals surface area contributed by atoms with Crippen molar-refractivity contribution in [3.05, 3.63) is 6.20 Å². The number of aromatic nitrogens is 4. The maximum Gasteiger partial charge on any atom is 0.239 e. The molecular weight excluding hydrogens is 250 g/mol.